The van der Waals surface area contributed by atoms with Gasteiger partial charge >= 0.3 is 0 Å². The van der Waals surface area contributed by atoms with Crippen LogP contribution in [0.15, 0.2) is 18.2 Å². The lowest BCUT2D eigenvalue weighted by atomic mass is 10.0. The first kappa shape index (κ1) is 13.3. The summed E-state index contributed by atoms with van der Waals surface area (Å²) in [4.78, 5) is 26.9. The molecule has 1 aromatic rings. The SMILES string of the molecule is O=CN1CCN(CC(=O)c2ccc3c(c2)CCC3)CC1. The Morgan fingerprint density at radius 3 is 2.60 bits per heavy atom. The maximum atomic E-state index is 12.3. The maximum absolute atomic E-state index is 12.3. The number of ketones is 1. The summed E-state index contributed by atoms with van der Waals surface area (Å²) in [6.07, 6.45) is 4.35. The lowest BCUT2D eigenvalue weighted by molar-refractivity contribution is -0.119. The summed E-state index contributed by atoms with van der Waals surface area (Å²) in [5.74, 6) is 0.194. The molecule has 0 atom stereocenters. The minimum atomic E-state index is 0.194. The van der Waals surface area contributed by atoms with Crippen LogP contribution in [0.3, 0.4) is 0 Å². The molecular weight excluding hydrogens is 252 g/mol. The molecule has 4 nitrogen and oxygen atoms in total. The van der Waals surface area contributed by atoms with Crippen molar-refractivity contribution >= 4 is 12.2 Å². The number of hydrogen-bond acceptors (Lipinski definition) is 3. The fraction of sp³-hybridized carbons (Fsp3) is 0.500. The van der Waals surface area contributed by atoms with Gasteiger partial charge in [-0.2, -0.15) is 0 Å². The van der Waals surface area contributed by atoms with Crippen molar-refractivity contribution in [2.45, 2.75) is 19.3 Å². The molecule has 3 rings (SSSR count). The quantitative estimate of drug-likeness (QED) is 0.609. The molecule has 0 aromatic heterocycles. The van der Waals surface area contributed by atoms with Crippen LogP contribution in [0.25, 0.3) is 0 Å². The minimum absolute atomic E-state index is 0.194. The van der Waals surface area contributed by atoms with Crippen LogP contribution < -0.4 is 0 Å². The first-order valence-corrected chi connectivity index (χ1v) is 7.33. The molecule has 1 saturated heterocycles. The molecule has 1 heterocycles. The van der Waals surface area contributed by atoms with Gasteiger partial charge in [0.25, 0.3) is 0 Å². The van der Waals surface area contributed by atoms with Crippen LogP contribution in [0, 0.1) is 0 Å². The van der Waals surface area contributed by atoms with Crippen LogP contribution in [-0.4, -0.2) is 54.7 Å². The van der Waals surface area contributed by atoms with Crippen molar-refractivity contribution < 1.29 is 9.59 Å². The van der Waals surface area contributed by atoms with Gasteiger partial charge in [0.1, 0.15) is 0 Å². The van der Waals surface area contributed by atoms with Crippen molar-refractivity contribution in [3.63, 3.8) is 0 Å². The number of carbonyl (C=O) groups is 2. The fourth-order valence-corrected chi connectivity index (χ4v) is 3.07. The summed E-state index contributed by atoms with van der Waals surface area (Å²) in [6.45, 7) is 3.48. The van der Waals surface area contributed by atoms with Gasteiger partial charge in [-0.1, -0.05) is 12.1 Å². The number of amides is 1. The predicted molar refractivity (Wildman–Crippen MR) is 76.9 cm³/mol. The molecule has 1 amide bonds. The number of aryl methyl sites for hydroxylation is 2. The number of benzene rings is 1. The van der Waals surface area contributed by atoms with Crippen LogP contribution in [0.2, 0.25) is 0 Å². The largest absolute Gasteiger partial charge is 0.343 e. The Morgan fingerprint density at radius 2 is 1.85 bits per heavy atom. The van der Waals surface area contributed by atoms with Crippen molar-refractivity contribution in [1.29, 1.82) is 0 Å². The average Bonchev–Trinajstić information content (AvgIpc) is 2.95. The van der Waals surface area contributed by atoms with Gasteiger partial charge in [0.2, 0.25) is 6.41 Å². The predicted octanol–water partition coefficient (Wildman–Crippen LogP) is 1.13. The Balaban J connectivity index is 1.61. The third-order valence-corrected chi connectivity index (χ3v) is 4.34. The molecule has 0 N–H and O–H groups in total. The van der Waals surface area contributed by atoms with Gasteiger partial charge in [0, 0.05) is 31.7 Å². The number of rotatable bonds is 4. The van der Waals surface area contributed by atoms with Crippen molar-refractivity contribution in [2.75, 3.05) is 32.7 Å². The van der Waals surface area contributed by atoms with E-state index < -0.39 is 0 Å². The van der Waals surface area contributed by atoms with E-state index in [1.165, 1.54) is 17.5 Å². The summed E-state index contributed by atoms with van der Waals surface area (Å²) in [5.41, 5.74) is 3.59. The number of hydrogen-bond donors (Lipinski definition) is 0. The third kappa shape index (κ3) is 2.75. The maximum Gasteiger partial charge on any atom is 0.209 e. The molecule has 0 unspecified atom stereocenters. The number of piperazine rings is 1. The second kappa shape index (κ2) is 5.75. The molecule has 0 radical (unpaired) electrons. The highest BCUT2D eigenvalue weighted by atomic mass is 16.1. The van der Waals surface area contributed by atoms with Gasteiger partial charge in [-0.25, -0.2) is 0 Å². The first-order chi connectivity index (χ1) is 9.76. The molecule has 1 aliphatic heterocycles. The molecular formula is C16H20N2O2. The third-order valence-electron chi connectivity index (χ3n) is 4.34. The Bertz CT molecular complexity index is 519. The van der Waals surface area contributed by atoms with E-state index in [-0.39, 0.29) is 5.78 Å². The Labute approximate surface area is 119 Å². The van der Waals surface area contributed by atoms with Crippen molar-refractivity contribution in [3.05, 3.63) is 34.9 Å². The molecule has 1 fully saturated rings. The van der Waals surface area contributed by atoms with E-state index in [2.05, 4.69) is 17.0 Å². The van der Waals surface area contributed by atoms with Crippen LogP contribution in [0.1, 0.15) is 27.9 Å². The number of carbonyl (C=O) groups excluding carboxylic acids is 2. The van der Waals surface area contributed by atoms with E-state index >= 15 is 0 Å². The minimum Gasteiger partial charge on any atom is -0.343 e. The first-order valence-electron chi connectivity index (χ1n) is 7.33. The molecule has 20 heavy (non-hydrogen) atoms. The van der Waals surface area contributed by atoms with Gasteiger partial charge < -0.3 is 4.90 Å². The molecule has 4 heteroatoms. The van der Waals surface area contributed by atoms with Gasteiger partial charge in [0.15, 0.2) is 5.78 Å². The summed E-state index contributed by atoms with van der Waals surface area (Å²) >= 11 is 0. The Kier molecular flexibility index (Phi) is 3.83. The lowest BCUT2D eigenvalue weighted by Gasteiger charge is -2.31. The standard InChI is InChI=1S/C16H20N2O2/c19-12-18-8-6-17(7-9-18)11-16(20)15-5-4-13-2-1-3-14(13)10-15/h4-5,10,12H,1-3,6-9,11H2. The molecule has 106 valence electrons. The van der Waals surface area contributed by atoms with E-state index in [0.29, 0.717) is 6.54 Å². The second-order valence-electron chi connectivity index (χ2n) is 5.68. The summed E-state index contributed by atoms with van der Waals surface area (Å²) < 4.78 is 0. The van der Waals surface area contributed by atoms with Crippen molar-refractivity contribution in [1.82, 2.24) is 9.80 Å². The van der Waals surface area contributed by atoms with E-state index in [0.717, 1.165) is 51.0 Å². The topological polar surface area (TPSA) is 40.6 Å². The van der Waals surface area contributed by atoms with Crippen LogP contribution in [0.4, 0.5) is 0 Å². The van der Waals surface area contributed by atoms with E-state index in [1.807, 2.05) is 6.07 Å². The van der Waals surface area contributed by atoms with E-state index in [9.17, 15) is 9.59 Å². The second-order valence-corrected chi connectivity index (χ2v) is 5.68. The highest BCUT2D eigenvalue weighted by Crippen LogP contribution is 2.23. The Morgan fingerprint density at radius 1 is 1.10 bits per heavy atom. The highest BCUT2D eigenvalue weighted by Gasteiger charge is 2.19. The van der Waals surface area contributed by atoms with Gasteiger partial charge in [-0.15, -0.1) is 0 Å². The molecule has 1 aliphatic carbocycles. The summed E-state index contributed by atoms with van der Waals surface area (Å²) in [7, 11) is 0. The lowest BCUT2D eigenvalue weighted by Crippen LogP contribution is -2.47. The number of fused-ring (bicyclic) bond motifs is 1. The van der Waals surface area contributed by atoms with Gasteiger partial charge in [-0.05, 0) is 36.5 Å². The monoisotopic (exact) mass is 272 g/mol. The smallest absolute Gasteiger partial charge is 0.209 e. The van der Waals surface area contributed by atoms with E-state index in [1.54, 1.807) is 4.90 Å². The molecule has 2 aliphatic rings. The zero-order valence-electron chi connectivity index (χ0n) is 11.7. The fourth-order valence-electron chi connectivity index (χ4n) is 3.07. The Hall–Kier alpha value is -1.68. The average molecular weight is 272 g/mol. The van der Waals surface area contributed by atoms with Crippen molar-refractivity contribution in [2.24, 2.45) is 0 Å². The number of Topliss-reactive ketones (excluding diaryl/α,β-unsaturated/α-hetero) is 1. The molecule has 0 bridgehead atoms. The van der Waals surface area contributed by atoms with Gasteiger partial charge in [0.05, 0.1) is 6.54 Å². The van der Waals surface area contributed by atoms with Crippen LogP contribution in [-0.2, 0) is 17.6 Å². The van der Waals surface area contributed by atoms with Crippen LogP contribution >= 0.6 is 0 Å². The molecule has 0 spiro atoms. The van der Waals surface area contributed by atoms with E-state index in [4.69, 9.17) is 0 Å². The zero-order valence-corrected chi connectivity index (χ0v) is 11.7. The normalized spacial score (nSPS) is 18.9. The summed E-state index contributed by atoms with van der Waals surface area (Å²) in [6, 6.07) is 6.15. The zero-order chi connectivity index (χ0) is 13.9. The molecule has 0 saturated carbocycles. The van der Waals surface area contributed by atoms with Crippen molar-refractivity contribution in [3.8, 4) is 0 Å². The summed E-state index contributed by atoms with van der Waals surface area (Å²) in [5, 5.41) is 0. The van der Waals surface area contributed by atoms with Crippen LogP contribution in [0.5, 0.6) is 0 Å². The molecule has 1 aromatic carbocycles. The highest BCUT2D eigenvalue weighted by molar-refractivity contribution is 5.97. The van der Waals surface area contributed by atoms with Gasteiger partial charge in [-0.3, -0.25) is 14.5 Å². The number of nitrogens with zero attached hydrogens (tertiary/aromatic N) is 2.